The van der Waals surface area contributed by atoms with Gasteiger partial charge in [0.15, 0.2) is 0 Å². The van der Waals surface area contributed by atoms with E-state index in [0.29, 0.717) is 0 Å². The van der Waals surface area contributed by atoms with Crippen LogP contribution in [0.2, 0.25) is 0 Å². The van der Waals surface area contributed by atoms with Crippen LogP contribution in [0.15, 0.2) is 30.8 Å². The molecule has 1 aromatic carbocycles. The fraction of sp³-hybridized carbons (Fsp3) is 0.556. The molecule has 4 fully saturated rings. The Morgan fingerprint density at radius 1 is 0.947 bits per heavy atom. The first-order valence-electron chi connectivity index (χ1n) is 7.66. The number of hydrogen-bond acceptors (Lipinski definition) is 1. The van der Waals surface area contributed by atoms with E-state index in [-0.39, 0.29) is 5.60 Å². The molecule has 1 heteroatoms. The van der Waals surface area contributed by atoms with E-state index in [4.69, 9.17) is 4.74 Å². The molecule has 0 spiro atoms. The van der Waals surface area contributed by atoms with Gasteiger partial charge in [0.1, 0.15) is 11.4 Å². The van der Waals surface area contributed by atoms with Crippen molar-refractivity contribution in [1.82, 2.24) is 0 Å². The lowest BCUT2D eigenvalue weighted by Crippen LogP contribution is -2.53. The minimum atomic E-state index is 0.171. The summed E-state index contributed by atoms with van der Waals surface area (Å²) in [7, 11) is 0. The summed E-state index contributed by atoms with van der Waals surface area (Å²) < 4.78 is 6.48. The third-order valence-electron chi connectivity index (χ3n) is 5.43. The second-order valence-electron chi connectivity index (χ2n) is 6.98. The SMILES string of the molecule is C=Cc1ccc(OC23CC4CC(CC(C4)C2)C3)cc1. The van der Waals surface area contributed by atoms with Gasteiger partial charge in [0.25, 0.3) is 0 Å². The van der Waals surface area contributed by atoms with E-state index in [0.717, 1.165) is 29.1 Å². The Bertz CT molecular complexity index is 450. The molecule has 0 atom stereocenters. The summed E-state index contributed by atoms with van der Waals surface area (Å²) in [5.41, 5.74) is 1.34. The Labute approximate surface area is 115 Å². The smallest absolute Gasteiger partial charge is 0.120 e. The molecule has 5 rings (SSSR count). The van der Waals surface area contributed by atoms with Crippen LogP contribution in [0.25, 0.3) is 6.08 Å². The normalized spacial score (nSPS) is 39.3. The molecule has 0 amide bonds. The van der Waals surface area contributed by atoms with Gasteiger partial charge in [0, 0.05) is 0 Å². The summed E-state index contributed by atoms with van der Waals surface area (Å²) in [5, 5.41) is 0. The molecule has 4 aliphatic rings. The van der Waals surface area contributed by atoms with Gasteiger partial charge in [0.05, 0.1) is 0 Å². The maximum atomic E-state index is 6.48. The molecule has 0 radical (unpaired) electrons. The molecule has 0 N–H and O–H groups in total. The van der Waals surface area contributed by atoms with E-state index in [1.54, 1.807) is 0 Å². The molecule has 4 saturated carbocycles. The maximum Gasteiger partial charge on any atom is 0.120 e. The average Bonchev–Trinajstić information content (AvgIpc) is 2.37. The lowest BCUT2D eigenvalue weighted by Gasteiger charge is -2.56. The molecule has 1 aromatic rings. The van der Waals surface area contributed by atoms with E-state index >= 15 is 0 Å². The van der Waals surface area contributed by atoms with Crippen molar-refractivity contribution >= 4 is 6.08 Å². The third kappa shape index (κ3) is 2.00. The summed E-state index contributed by atoms with van der Waals surface area (Å²) in [5.74, 6) is 3.88. The average molecular weight is 254 g/mol. The molecule has 19 heavy (non-hydrogen) atoms. The highest BCUT2D eigenvalue weighted by atomic mass is 16.5. The zero-order valence-corrected chi connectivity index (χ0v) is 11.5. The van der Waals surface area contributed by atoms with Crippen LogP contribution in [0.5, 0.6) is 5.75 Å². The van der Waals surface area contributed by atoms with Gasteiger partial charge in [-0.15, -0.1) is 0 Å². The van der Waals surface area contributed by atoms with Crippen LogP contribution in [-0.2, 0) is 0 Å². The molecule has 100 valence electrons. The standard InChI is InChI=1S/C18H22O/c1-2-13-3-5-17(6-4-13)19-18-10-14-7-15(11-18)9-16(8-14)12-18/h2-6,14-16H,1,7-12H2. The Hall–Kier alpha value is -1.24. The zero-order valence-electron chi connectivity index (χ0n) is 11.5. The summed E-state index contributed by atoms with van der Waals surface area (Å²) >= 11 is 0. The molecule has 0 aromatic heterocycles. The topological polar surface area (TPSA) is 9.23 Å². The lowest BCUT2D eigenvalue weighted by molar-refractivity contribution is -0.107. The van der Waals surface area contributed by atoms with Gasteiger partial charge in [-0.25, -0.2) is 0 Å². The molecule has 0 unspecified atom stereocenters. The minimum Gasteiger partial charge on any atom is -0.487 e. The Morgan fingerprint density at radius 2 is 1.47 bits per heavy atom. The number of benzene rings is 1. The first-order chi connectivity index (χ1) is 9.25. The lowest BCUT2D eigenvalue weighted by atomic mass is 9.54. The van der Waals surface area contributed by atoms with Crippen LogP contribution in [-0.4, -0.2) is 5.60 Å². The van der Waals surface area contributed by atoms with Gasteiger partial charge in [-0.1, -0.05) is 24.8 Å². The highest BCUT2D eigenvalue weighted by Gasteiger charge is 2.52. The summed E-state index contributed by atoms with van der Waals surface area (Å²) in [6.45, 7) is 3.80. The number of rotatable bonds is 3. The zero-order chi connectivity index (χ0) is 12.9. The highest BCUT2D eigenvalue weighted by molar-refractivity contribution is 5.48. The molecule has 4 aliphatic carbocycles. The van der Waals surface area contributed by atoms with E-state index in [1.165, 1.54) is 38.5 Å². The summed E-state index contributed by atoms with van der Waals surface area (Å²) in [4.78, 5) is 0. The Morgan fingerprint density at radius 3 is 1.95 bits per heavy atom. The van der Waals surface area contributed by atoms with Crippen molar-refractivity contribution < 1.29 is 4.74 Å². The van der Waals surface area contributed by atoms with Crippen molar-refractivity contribution in [2.45, 2.75) is 44.1 Å². The molecule has 1 nitrogen and oxygen atoms in total. The predicted octanol–water partition coefficient (Wildman–Crippen LogP) is 4.68. The first kappa shape index (κ1) is 11.6. The number of hydrogen-bond donors (Lipinski definition) is 0. The molecule has 0 heterocycles. The van der Waals surface area contributed by atoms with Crippen LogP contribution >= 0.6 is 0 Å². The van der Waals surface area contributed by atoms with Crippen LogP contribution in [0, 0.1) is 17.8 Å². The summed E-state index contributed by atoms with van der Waals surface area (Å²) in [6, 6.07) is 8.41. The van der Waals surface area contributed by atoms with Crippen molar-refractivity contribution in [3.05, 3.63) is 36.4 Å². The van der Waals surface area contributed by atoms with Gasteiger partial charge >= 0.3 is 0 Å². The largest absolute Gasteiger partial charge is 0.487 e. The summed E-state index contributed by atoms with van der Waals surface area (Å²) in [6.07, 6.45) is 10.2. The fourth-order valence-corrected chi connectivity index (χ4v) is 5.08. The van der Waals surface area contributed by atoms with Gasteiger partial charge in [-0.3, -0.25) is 0 Å². The monoisotopic (exact) mass is 254 g/mol. The van der Waals surface area contributed by atoms with Crippen LogP contribution in [0.3, 0.4) is 0 Å². The van der Waals surface area contributed by atoms with E-state index in [9.17, 15) is 0 Å². The van der Waals surface area contributed by atoms with Crippen molar-refractivity contribution in [2.24, 2.45) is 17.8 Å². The second-order valence-corrected chi connectivity index (χ2v) is 6.98. The predicted molar refractivity (Wildman–Crippen MR) is 78.1 cm³/mol. The van der Waals surface area contributed by atoms with Crippen LogP contribution in [0.1, 0.15) is 44.1 Å². The third-order valence-corrected chi connectivity index (χ3v) is 5.43. The van der Waals surface area contributed by atoms with Gasteiger partial charge in [-0.2, -0.15) is 0 Å². The Kier molecular flexibility index (Phi) is 2.51. The van der Waals surface area contributed by atoms with Crippen molar-refractivity contribution in [3.8, 4) is 5.75 Å². The maximum absolute atomic E-state index is 6.48. The van der Waals surface area contributed by atoms with Crippen LogP contribution < -0.4 is 4.74 Å². The van der Waals surface area contributed by atoms with E-state index in [1.807, 2.05) is 6.08 Å². The second kappa shape index (κ2) is 4.13. The minimum absolute atomic E-state index is 0.171. The molecule has 0 saturated heterocycles. The molecular weight excluding hydrogens is 232 g/mol. The van der Waals surface area contributed by atoms with Gasteiger partial charge in [-0.05, 0) is 74.0 Å². The molecule has 0 aliphatic heterocycles. The van der Waals surface area contributed by atoms with E-state index < -0.39 is 0 Å². The quantitative estimate of drug-likeness (QED) is 0.761. The van der Waals surface area contributed by atoms with Crippen molar-refractivity contribution in [2.75, 3.05) is 0 Å². The van der Waals surface area contributed by atoms with Crippen LogP contribution in [0.4, 0.5) is 0 Å². The number of ether oxygens (including phenoxy) is 1. The van der Waals surface area contributed by atoms with E-state index in [2.05, 4.69) is 30.8 Å². The fourth-order valence-electron chi connectivity index (χ4n) is 5.08. The van der Waals surface area contributed by atoms with Crippen molar-refractivity contribution in [3.63, 3.8) is 0 Å². The Balaban J connectivity index is 1.56. The first-order valence-corrected chi connectivity index (χ1v) is 7.66. The molecule has 4 bridgehead atoms. The highest BCUT2D eigenvalue weighted by Crippen LogP contribution is 2.56. The molecular formula is C18H22O. The van der Waals surface area contributed by atoms with Crippen molar-refractivity contribution in [1.29, 1.82) is 0 Å². The van der Waals surface area contributed by atoms with Gasteiger partial charge in [0.2, 0.25) is 0 Å². The van der Waals surface area contributed by atoms with Gasteiger partial charge < -0.3 is 4.74 Å².